The van der Waals surface area contributed by atoms with E-state index in [0.717, 1.165) is 18.0 Å². The zero-order valence-corrected chi connectivity index (χ0v) is 11.2. The van der Waals surface area contributed by atoms with E-state index in [0.29, 0.717) is 11.9 Å². The number of rotatable bonds is 5. The van der Waals surface area contributed by atoms with E-state index in [1.807, 2.05) is 11.6 Å². The molecule has 0 amide bonds. The third-order valence-electron chi connectivity index (χ3n) is 2.43. The summed E-state index contributed by atoms with van der Waals surface area (Å²) in [4.78, 5) is 4.25. The minimum atomic E-state index is 0.242. The van der Waals surface area contributed by atoms with E-state index in [4.69, 9.17) is 11.6 Å². The topological polar surface area (TPSA) is 24.9 Å². The monoisotopic (exact) mass is 246 g/mol. The third kappa shape index (κ3) is 4.49. The van der Waals surface area contributed by atoms with Crippen LogP contribution in [0.4, 0.5) is 0 Å². The molecule has 1 atom stereocenters. The fourth-order valence-corrected chi connectivity index (χ4v) is 2.29. The molecule has 0 saturated heterocycles. The number of nitrogens with one attached hydrogen (secondary N) is 1. The molecule has 0 spiro atoms. The van der Waals surface area contributed by atoms with Gasteiger partial charge >= 0.3 is 0 Å². The van der Waals surface area contributed by atoms with Crippen LogP contribution in [0.1, 0.15) is 32.2 Å². The van der Waals surface area contributed by atoms with Crippen LogP contribution in [0.25, 0.3) is 0 Å². The molecule has 0 aliphatic rings. The van der Waals surface area contributed by atoms with Crippen LogP contribution in [0, 0.1) is 5.41 Å². The summed E-state index contributed by atoms with van der Waals surface area (Å²) < 4.78 is 0. The number of hydrogen-bond donors (Lipinski definition) is 1. The lowest BCUT2D eigenvalue weighted by molar-refractivity contribution is 0.260. The predicted molar refractivity (Wildman–Crippen MR) is 67.5 cm³/mol. The van der Waals surface area contributed by atoms with E-state index < -0.39 is 0 Å². The van der Waals surface area contributed by atoms with E-state index in [1.54, 1.807) is 11.3 Å². The Balaban J connectivity index is 2.45. The molecule has 15 heavy (non-hydrogen) atoms. The van der Waals surface area contributed by atoms with Gasteiger partial charge in [-0.15, -0.1) is 22.9 Å². The van der Waals surface area contributed by atoms with Crippen molar-refractivity contribution < 1.29 is 0 Å². The Kier molecular flexibility index (Phi) is 5.03. The average Bonchev–Trinajstić information content (AvgIpc) is 2.62. The second-order valence-corrected chi connectivity index (χ2v) is 6.06. The number of thiazole rings is 1. The summed E-state index contributed by atoms with van der Waals surface area (Å²) in [6, 6.07) is 0.443. The smallest absolute Gasteiger partial charge is 0.106 e. The Hall–Kier alpha value is -0.120. The fraction of sp³-hybridized carbons (Fsp3) is 0.727. The van der Waals surface area contributed by atoms with Gasteiger partial charge in [0.2, 0.25) is 0 Å². The SMILES string of the molecule is CC(C)(C)C(CCCl)NCc1nccs1. The first kappa shape index (κ1) is 12.9. The second kappa shape index (κ2) is 5.83. The first-order chi connectivity index (χ1) is 7.04. The highest BCUT2D eigenvalue weighted by Gasteiger charge is 2.23. The summed E-state index contributed by atoms with van der Waals surface area (Å²) in [7, 11) is 0. The van der Waals surface area contributed by atoms with Crippen LogP contribution < -0.4 is 5.32 Å². The summed E-state index contributed by atoms with van der Waals surface area (Å²) in [5, 5.41) is 6.67. The van der Waals surface area contributed by atoms with Crippen LogP contribution in [0.5, 0.6) is 0 Å². The first-order valence-corrected chi connectivity index (χ1v) is 6.63. The quantitative estimate of drug-likeness (QED) is 0.807. The maximum atomic E-state index is 5.81. The molecule has 86 valence electrons. The minimum Gasteiger partial charge on any atom is -0.307 e. The molecule has 1 aromatic heterocycles. The van der Waals surface area contributed by atoms with Gasteiger partial charge in [-0.05, 0) is 11.8 Å². The van der Waals surface area contributed by atoms with Gasteiger partial charge in [0.25, 0.3) is 0 Å². The molecule has 0 aliphatic carbocycles. The van der Waals surface area contributed by atoms with E-state index in [9.17, 15) is 0 Å². The summed E-state index contributed by atoms with van der Waals surface area (Å²) >= 11 is 7.50. The molecule has 0 aromatic carbocycles. The summed E-state index contributed by atoms with van der Waals surface area (Å²) in [6.45, 7) is 7.55. The van der Waals surface area contributed by atoms with Crippen LogP contribution in [-0.4, -0.2) is 16.9 Å². The fourth-order valence-electron chi connectivity index (χ4n) is 1.50. The summed E-state index contributed by atoms with van der Waals surface area (Å²) in [5.41, 5.74) is 0.242. The lowest BCUT2D eigenvalue weighted by Gasteiger charge is -2.31. The minimum absolute atomic E-state index is 0.242. The Bertz CT molecular complexity index is 267. The number of halogens is 1. The molecule has 1 unspecified atom stereocenters. The van der Waals surface area contributed by atoms with Crippen molar-refractivity contribution >= 4 is 22.9 Å². The van der Waals surface area contributed by atoms with Crippen molar-refractivity contribution in [2.24, 2.45) is 5.41 Å². The third-order valence-corrected chi connectivity index (χ3v) is 3.42. The van der Waals surface area contributed by atoms with Gasteiger partial charge in [0.05, 0.1) is 0 Å². The lowest BCUT2D eigenvalue weighted by Crippen LogP contribution is -2.40. The van der Waals surface area contributed by atoms with Gasteiger partial charge in [-0.3, -0.25) is 0 Å². The van der Waals surface area contributed by atoms with E-state index in [2.05, 4.69) is 31.1 Å². The van der Waals surface area contributed by atoms with E-state index in [-0.39, 0.29) is 5.41 Å². The molecule has 4 heteroatoms. The van der Waals surface area contributed by atoms with Gasteiger partial charge in [-0.1, -0.05) is 20.8 Å². The highest BCUT2D eigenvalue weighted by atomic mass is 35.5. The molecule has 2 nitrogen and oxygen atoms in total. The van der Waals surface area contributed by atoms with Crippen molar-refractivity contribution in [3.63, 3.8) is 0 Å². The predicted octanol–water partition coefficient (Wildman–Crippen LogP) is 3.28. The Morgan fingerprint density at radius 3 is 2.73 bits per heavy atom. The van der Waals surface area contributed by atoms with Crippen molar-refractivity contribution in [2.75, 3.05) is 5.88 Å². The van der Waals surface area contributed by atoms with Crippen LogP contribution in [-0.2, 0) is 6.54 Å². The average molecular weight is 247 g/mol. The van der Waals surface area contributed by atoms with Crippen molar-refractivity contribution in [3.05, 3.63) is 16.6 Å². The van der Waals surface area contributed by atoms with Crippen LogP contribution >= 0.6 is 22.9 Å². The van der Waals surface area contributed by atoms with Gasteiger partial charge < -0.3 is 5.32 Å². The van der Waals surface area contributed by atoms with Gasteiger partial charge in [0.1, 0.15) is 5.01 Å². The zero-order chi connectivity index (χ0) is 11.3. The van der Waals surface area contributed by atoms with Crippen molar-refractivity contribution in [1.29, 1.82) is 0 Å². The van der Waals surface area contributed by atoms with Crippen LogP contribution in [0.3, 0.4) is 0 Å². The molecular formula is C11H19ClN2S. The molecule has 0 radical (unpaired) electrons. The molecule has 1 aromatic rings. The maximum absolute atomic E-state index is 5.81. The Morgan fingerprint density at radius 2 is 2.27 bits per heavy atom. The number of hydrogen-bond acceptors (Lipinski definition) is 3. The van der Waals surface area contributed by atoms with Crippen molar-refractivity contribution in [2.45, 2.75) is 39.8 Å². The molecule has 1 N–H and O–H groups in total. The number of nitrogens with zero attached hydrogens (tertiary/aromatic N) is 1. The Labute approximate surface area is 101 Å². The summed E-state index contributed by atoms with van der Waals surface area (Å²) in [5.74, 6) is 0.701. The molecule has 0 saturated carbocycles. The highest BCUT2D eigenvalue weighted by Crippen LogP contribution is 2.22. The van der Waals surface area contributed by atoms with Gasteiger partial charge in [0.15, 0.2) is 0 Å². The highest BCUT2D eigenvalue weighted by molar-refractivity contribution is 7.09. The van der Waals surface area contributed by atoms with Gasteiger partial charge in [0, 0.05) is 30.0 Å². The lowest BCUT2D eigenvalue weighted by atomic mass is 9.85. The molecule has 0 fully saturated rings. The van der Waals surface area contributed by atoms with Crippen molar-refractivity contribution in [3.8, 4) is 0 Å². The first-order valence-electron chi connectivity index (χ1n) is 5.21. The second-order valence-electron chi connectivity index (χ2n) is 4.70. The van der Waals surface area contributed by atoms with Gasteiger partial charge in [-0.2, -0.15) is 0 Å². The standard InChI is InChI=1S/C11H19ClN2S/c1-11(2,3)9(4-5-12)14-8-10-13-6-7-15-10/h6-7,9,14H,4-5,8H2,1-3H3. The van der Waals surface area contributed by atoms with E-state index in [1.165, 1.54) is 0 Å². The number of alkyl halides is 1. The molecular weight excluding hydrogens is 228 g/mol. The Morgan fingerprint density at radius 1 is 1.53 bits per heavy atom. The summed E-state index contributed by atoms with van der Waals surface area (Å²) in [6.07, 6.45) is 2.84. The van der Waals surface area contributed by atoms with Crippen molar-refractivity contribution in [1.82, 2.24) is 10.3 Å². The van der Waals surface area contributed by atoms with Gasteiger partial charge in [-0.25, -0.2) is 4.98 Å². The normalized spacial score (nSPS) is 14.1. The molecule has 1 heterocycles. The van der Waals surface area contributed by atoms with Crippen LogP contribution in [0.2, 0.25) is 0 Å². The zero-order valence-electron chi connectivity index (χ0n) is 9.59. The number of aromatic nitrogens is 1. The van der Waals surface area contributed by atoms with E-state index >= 15 is 0 Å². The molecule has 0 aliphatic heterocycles. The maximum Gasteiger partial charge on any atom is 0.106 e. The largest absolute Gasteiger partial charge is 0.307 e. The molecule has 0 bridgehead atoms. The van der Waals surface area contributed by atoms with Crippen LogP contribution in [0.15, 0.2) is 11.6 Å². The molecule has 1 rings (SSSR count).